The molecule has 8 heteroatoms. The molecule has 2 aliphatic heterocycles. The van der Waals surface area contributed by atoms with E-state index in [9.17, 15) is 14.4 Å². The van der Waals surface area contributed by atoms with Crippen LogP contribution in [0.1, 0.15) is 39.8 Å². The molecule has 1 atom stereocenters. The lowest BCUT2D eigenvalue weighted by Gasteiger charge is -2.22. The van der Waals surface area contributed by atoms with Crippen molar-refractivity contribution in [3.63, 3.8) is 0 Å². The molecule has 0 aliphatic carbocycles. The zero-order valence-corrected chi connectivity index (χ0v) is 19.3. The lowest BCUT2D eigenvalue weighted by atomic mass is 9.92. The molecule has 0 unspecified atom stereocenters. The summed E-state index contributed by atoms with van der Waals surface area (Å²) in [6.45, 7) is 5.90. The average Bonchev–Trinajstić information content (AvgIpc) is 3.47. The lowest BCUT2D eigenvalue weighted by Crippen LogP contribution is -2.41. The number of fused-ring (bicyclic) bond motifs is 1. The number of nitrogens with one attached hydrogen (secondary N) is 1. The van der Waals surface area contributed by atoms with Gasteiger partial charge in [0.15, 0.2) is 17.3 Å². The summed E-state index contributed by atoms with van der Waals surface area (Å²) in [5, 5.41) is 2.75. The first-order valence-electron chi connectivity index (χ1n) is 11.1. The molecule has 3 amide bonds. The molecule has 3 heterocycles. The molecule has 1 N–H and O–H groups in total. The van der Waals surface area contributed by atoms with Crippen LogP contribution in [-0.4, -0.2) is 40.5 Å². The summed E-state index contributed by atoms with van der Waals surface area (Å²) in [4.78, 5) is 40.0. The Hall–Kier alpha value is -4.07. The molecule has 2 aromatic carbocycles. The van der Waals surface area contributed by atoms with Crippen molar-refractivity contribution in [3.05, 3.63) is 82.7 Å². The Morgan fingerprint density at radius 2 is 1.76 bits per heavy atom. The maximum Gasteiger partial charge on any atom is 0.325 e. The monoisotopic (exact) mass is 459 g/mol. The zero-order valence-electron chi connectivity index (χ0n) is 19.3. The van der Waals surface area contributed by atoms with E-state index in [2.05, 4.69) is 5.32 Å². The number of nitrogens with zero attached hydrogens (tertiary/aromatic N) is 2. The third-order valence-electron chi connectivity index (χ3n) is 6.58. The van der Waals surface area contributed by atoms with Crippen molar-refractivity contribution in [2.24, 2.45) is 0 Å². The van der Waals surface area contributed by atoms with E-state index in [0.29, 0.717) is 23.4 Å². The van der Waals surface area contributed by atoms with E-state index < -0.39 is 17.5 Å². The lowest BCUT2D eigenvalue weighted by molar-refractivity contribution is -0.130. The minimum absolute atomic E-state index is 0.213. The topological polar surface area (TPSA) is 89.9 Å². The van der Waals surface area contributed by atoms with Gasteiger partial charge in [-0.25, -0.2) is 4.79 Å². The smallest absolute Gasteiger partial charge is 0.325 e. The second-order valence-corrected chi connectivity index (χ2v) is 8.79. The molecule has 0 saturated carbocycles. The third kappa shape index (κ3) is 3.51. The minimum Gasteiger partial charge on any atom is -0.454 e. The number of hydrogen-bond donors (Lipinski definition) is 1. The van der Waals surface area contributed by atoms with Gasteiger partial charge in [0, 0.05) is 23.5 Å². The SMILES string of the molecule is Cc1cc(C(=O)CN2C(=O)N[C@](C)(c3ccccc3)C2=O)c(C)n1Cc1ccc2c(c1)OCO2. The highest BCUT2D eigenvalue weighted by Crippen LogP contribution is 2.33. The Balaban J connectivity index is 1.35. The Morgan fingerprint density at radius 1 is 1.03 bits per heavy atom. The van der Waals surface area contributed by atoms with Gasteiger partial charge in [-0.2, -0.15) is 0 Å². The van der Waals surface area contributed by atoms with Crippen LogP contribution in [0.2, 0.25) is 0 Å². The number of ketones is 1. The molecular formula is C26H25N3O5. The molecule has 174 valence electrons. The van der Waals surface area contributed by atoms with E-state index in [1.807, 2.05) is 54.8 Å². The van der Waals surface area contributed by atoms with Crippen LogP contribution in [0, 0.1) is 13.8 Å². The normalized spacial score (nSPS) is 19.0. The van der Waals surface area contributed by atoms with Crippen LogP contribution in [-0.2, 0) is 16.9 Å². The van der Waals surface area contributed by atoms with Gasteiger partial charge in [0.1, 0.15) is 5.54 Å². The first kappa shape index (κ1) is 21.8. The molecule has 0 spiro atoms. The van der Waals surface area contributed by atoms with E-state index >= 15 is 0 Å². The van der Waals surface area contributed by atoms with Gasteiger partial charge in [0.05, 0.1) is 6.54 Å². The first-order chi connectivity index (χ1) is 16.3. The first-order valence-corrected chi connectivity index (χ1v) is 11.1. The van der Waals surface area contributed by atoms with Crippen LogP contribution < -0.4 is 14.8 Å². The molecule has 0 radical (unpaired) electrons. The Morgan fingerprint density at radius 3 is 2.53 bits per heavy atom. The fourth-order valence-electron chi connectivity index (χ4n) is 4.59. The predicted molar refractivity (Wildman–Crippen MR) is 124 cm³/mol. The number of imide groups is 1. The summed E-state index contributed by atoms with van der Waals surface area (Å²) in [6, 6.07) is 16.0. The zero-order chi connectivity index (χ0) is 24.0. The van der Waals surface area contributed by atoms with Gasteiger partial charge in [-0.05, 0) is 50.1 Å². The van der Waals surface area contributed by atoms with Crippen LogP contribution in [0.25, 0.3) is 0 Å². The molecular weight excluding hydrogens is 434 g/mol. The fourth-order valence-corrected chi connectivity index (χ4v) is 4.59. The summed E-state index contributed by atoms with van der Waals surface area (Å²) < 4.78 is 12.9. The maximum absolute atomic E-state index is 13.2. The van der Waals surface area contributed by atoms with Crippen molar-refractivity contribution in [1.29, 1.82) is 0 Å². The summed E-state index contributed by atoms with van der Waals surface area (Å²) in [7, 11) is 0. The van der Waals surface area contributed by atoms with E-state index in [1.165, 1.54) is 0 Å². The molecule has 0 bridgehead atoms. The molecule has 2 aliphatic rings. The van der Waals surface area contributed by atoms with Crippen molar-refractivity contribution in [3.8, 4) is 11.5 Å². The highest BCUT2D eigenvalue weighted by Gasteiger charge is 2.49. The van der Waals surface area contributed by atoms with Crippen LogP contribution in [0.4, 0.5) is 4.79 Å². The second kappa shape index (κ2) is 8.06. The Kier molecular flexibility index (Phi) is 5.16. The number of ether oxygens (including phenoxy) is 2. The van der Waals surface area contributed by atoms with Crippen LogP contribution in [0.3, 0.4) is 0 Å². The van der Waals surface area contributed by atoms with Crippen molar-refractivity contribution in [1.82, 2.24) is 14.8 Å². The minimum atomic E-state index is -1.20. The largest absolute Gasteiger partial charge is 0.454 e. The van der Waals surface area contributed by atoms with Crippen molar-refractivity contribution in [2.45, 2.75) is 32.9 Å². The van der Waals surface area contributed by atoms with Gasteiger partial charge < -0.3 is 19.4 Å². The van der Waals surface area contributed by atoms with Gasteiger partial charge in [-0.3, -0.25) is 14.5 Å². The Bertz CT molecular complexity index is 1310. The van der Waals surface area contributed by atoms with Crippen LogP contribution >= 0.6 is 0 Å². The predicted octanol–water partition coefficient (Wildman–Crippen LogP) is 3.53. The fraction of sp³-hybridized carbons (Fsp3) is 0.269. The molecule has 1 fully saturated rings. The molecule has 1 aromatic heterocycles. The maximum atomic E-state index is 13.2. The number of carbonyl (C=O) groups excluding carboxylic acids is 3. The standard InChI is InChI=1S/C26H25N3O5/c1-16-11-20(17(2)28(16)13-18-9-10-22-23(12-18)34-15-33-22)21(30)14-29-24(31)26(3,27-25(29)32)19-7-5-4-6-8-19/h4-12H,13-15H2,1-3H3,(H,27,32)/t26-/m1/s1. The average molecular weight is 460 g/mol. The molecule has 34 heavy (non-hydrogen) atoms. The number of urea groups is 1. The number of carbonyl (C=O) groups is 3. The van der Waals surface area contributed by atoms with E-state index in [0.717, 1.165) is 27.6 Å². The van der Waals surface area contributed by atoms with E-state index in [1.54, 1.807) is 25.1 Å². The molecule has 5 rings (SSSR count). The quantitative estimate of drug-likeness (QED) is 0.450. The highest BCUT2D eigenvalue weighted by molar-refractivity contribution is 6.11. The van der Waals surface area contributed by atoms with Crippen molar-refractivity contribution >= 4 is 17.7 Å². The number of aromatic nitrogens is 1. The highest BCUT2D eigenvalue weighted by atomic mass is 16.7. The van der Waals surface area contributed by atoms with Crippen LogP contribution in [0.5, 0.6) is 11.5 Å². The summed E-state index contributed by atoms with van der Waals surface area (Å²) in [6.07, 6.45) is 0. The van der Waals surface area contributed by atoms with Gasteiger partial charge in [0.25, 0.3) is 5.91 Å². The number of rotatable bonds is 6. The van der Waals surface area contributed by atoms with Gasteiger partial charge in [0.2, 0.25) is 6.79 Å². The molecule has 3 aromatic rings. The summed E-state index contributed by atoms with van der Waals surface area (Å²) in [5.41, 5.74) is 2.66. The number of hydrogen-bond acceptors (Lipinski definition) is 5. The molecule has 1 saturated heterocycles. The number of Topliss-reactive ketones (excluding diaryl/α,β-unsaturated/α-hetero) is 1. The van der Waals surface area contributed by atoms with Gasteiger partial charge in [-0.15, -0.1) is 0 Å². The van der Waals surface area contributed by atoms with E-state index in [4.69, 9.17) is 9.47 Å². The third-order valence-corrected chi connectivity index (χ3v) is 6.58. The second-order valence-electron chi connectivity index (χ2n) is 8.79. The van der Waals surface area contributed by atoms with Gasteiger partial charge >= 0.3 is 6.03 Å². The Labute approximate surface area is 197 Å². The number of amides is 3. The number of aryl methyl sites for hydroxylation is 1. The van der Waals surface area contributed by atoms with Crippen molar-refractivity contribution in [2.75, 3.05) is 13.3 Å². The van der Waals surface area contributed by atoms with Crippen LogP contribution in [0.15, 0.2) is 54.6 Å². The summed E-state index contributed by atoms with van der Waals surface area (Å²) in [5.74, 6) is 0.699. The van der Waals surface area contributed by atoms with E-state index in [-0.39, 0.29) is 19.1 Å². The molecule has 8 nitrogen and oxygen atoms in total. The number of benzene rings is 2. The summed E-state index contributed by atoms with van der Waals surface area (Å²) >= 11 is 0. The van der Waals surface area contributed by atoms with Gasteiger partial charge in [-0.1, -0.05) is 36.4 Å². The van der Waals surface area contributed by atoms with Crippen molar-refractivity contribution < 1.29 is 23.9 Å².